The highest BCUT2D eigenvalue weighted by molar-refractivity contribution is 7.89. The number of likely N-dealkylation sites (N-methyl/N-ethyl adjacent to an activating group) is 2. The number of nitrogens with one attached hydrogen (secondary N) is 1. The van der Waals surface area contributed by atoms with Crippen LogP contribution in [0.4, 0.5) is 5.69 Å². The molecule has 0 aliphatic rings. The quantitative estimate of drug-likeness (QED) is 0.769. The molecule has 0 heterocycles. The van der Waals surface area contributed by atoms with Crippen LogP contribution in [0.1, 0.15) is 19.4 Å². The zero-order valence-electron chi connectivity index (χ0n) is 12.3. The van der Waals surface area contributed by atoms with E-state index < -0.39 is 10.0 Å². The number of amides is 1. The Morgan fingerprint density at radius 1 is 1.38 bits per heavy atom. The van der Waals surface area contributed by atoms with Gasteiger partial charge in [-0.3, -0.25) is 4.79 Å². The van der Waals surface area contributed by atoms with E-state index in [1.165, 1.54) is 12.1 Å². The highest BCUT2D eigenvalue weighted by Gasteiger charge is 2.27. The Hall–Kier alpha value is -1.31. The topological polar surface area (TPSA) is 92.5 Å². The molecule has 21 heavy (non-hydrogen) atoms. The highest BCUT2D eigenvalue weighted by Crippen LogP contribution is 2.28. The van der Waals surface area contributed by atoms with Crippen molar-refractivity contribution in [1.29, 1.82) is 0 Å². The number of sulfonamides is 1. The van der Waals surface area contributed by atoms with Crippen LogP contribution < -0.4 is 11.1 Å². The molecule has 0 unspecified atom stereocenters. The largest absolute Gasteiger partial charge is 0.398 e. The summed E-state index contributed by atoms with van der Waals surface area (Å²) in [5, 5.41) is 2.82. The Balaban J connectivity index is 3.22. The van der Waals surface area contributed by atoms with Gasteiger partial charge in [0, 0.05) is 23.8 Å². The van der Waals surface area contributed by atoms with E-state index in [-0.39, 0.29) is 28.9 Å². The zero-order valence-corrected chi connectivity index (χ0v) is 13.9. The van der Waals surface area contributed by atoms with Crippen molar-refractivity contribution in [2.24, 2.45) is 0 Å². The molecule has 118 valence electrons. The second kappa shape index (κ2) is 7.11. The lowest BCUT2D eigenvalue weighted by Gasteiger charge is -2.21. The summed E-state index contributed by atoms with van der Waals surface area (Å²) >= 11 is 5.89. The van der Waals surface area contributed by atoms with Gasteiger partial charge in [-0.1, -0.05) is 18.5 Å². The van der Waals surface area contributed by atoms with Crippen molar-refractivity contribution in [1.82, 2.24) is 9.62 Å². The number of hydrogen-bond donors (Lipinski definition) is 2. The van der Waals surface area contributed by atoms with E-state index >= 15 is 0 Å². The molecule has 0 bridgehead atoms. The summed E-state index contributed by atoms with van der Waals surface area (Å²) in [4.78, 5) is 11.7. The van der Waals surface area contributed by atoms with Gasteiger partial charge < -0.3 is 11.1 Å². The van der Waals surface area contributed by atoms with Gasteiger partial charge in [0.25, 0.3) is 0 Å². The fourth-order valence-corrected chi connectivity index (χ4v) is 3.84. The van der Waals surface area contributed by atoms with Crippen LogP contribution in [-0.4, -0.2) is 38.3 Å². The average Bonchev–Trinajstić information content (AvgIpc) is 2.40. The van der Waals surface area contributed by atoms with Crippen molar-refractivity contribution in [3.63, 3.8) is 0 Å². The Labute approximate surface area is 130 Å². The van der Waals surface area contributed by atoms with E-state index in [9.17, 15) is 13.2 Å². The third-order valence-electron chi connectivity index (χ3n) is 3.03. The normalized spacial score (nSPS) is 11.7. The summed E-state index contributed by atoms with van der Waals surface area (Å²) in [5.41, 5.74) is 6.49. The lowest BCUT2D eigenvalue weighted by Crippen LogP contribution is -2.40. The monoisotopic (exact) mass is 333 g/mol. The SMILES string of the molecule is CCNC(=O)CN(CC)S(=O)(=O)c1cc(Cl)cc(N)c1C. The van der Waals surface area contributed by atoms with Crippen LogP contribution in [0.25, 0.3) is 0 Å². The maximum absolute atomic E-state index is 12.7. The van der Waals surface area contributed by atoms with Gasteiger partial charge in [0.2, 0.25) is 15.9 Å². The molecule has 1 aromatic carbocycles. The third-order valence-corrected chi connectivity index (χ3v) is 5.29. The molecular formula is C13H20ClN3O3S. The Morgan fingerprint density at radius 2 is 2.00 bits per heavy atom. The number of halogens is 1. The van der Waals surface area contributed by atoms with E-state index in [2.05, 4.69) is 5.32 Å². The minimum atomic E-state index is -3.83. The first-order valence-corrected chi connectivity index (χ1v) is 8.38. The standard InChI is InChI=1S/C13H20ClN3O3S/c1-4-16-13(18)8-17(5-2)21(19,20)12-7-10(14)6-11(15)9(12)3/h6-7H,4-5,8,15H2,1-3H3,(H,16,18). The van der Waals surface area contributed by atoms with Crippen LogP contribution in [0.15, 0.2) is 17.0 Å². The number of rotatable bonds is 6. The molecule has 0 aromatic heterocycles. The van der Waals surface area contributed by atoms with Crippen LogP contribution in [0, 0.1) is 6.92 Å². The lowest BCUT2D eigenvalue weighted by molar-refractivity contribution is -0.121. The summed E-state index contributed by atoms with van der Waals surface area (Å²) in [6, 6.07) is 2.85. The van der Waals surface area contributed by atoms with Gasteiger partial charge in [-0.05, 0) is 31.5 Å². The highest BCUT2D eigenvalue weighted by atomic mass is 35.5. The summed E-state index contributed by atoms with van der Waals surface area (Å²) in [6.45, 7) is 5.42. The molecule has 1 aromatic rings. The molecule has 1 amide bonds. The Bertz CT molecular complexity index is 632. The molecular weight excluding hydrogens is 314 g/mol. The van der Waals surface area contributed by atoms with Gasteiger partial charge in [0.05, 0.1) is 11.4 Å². The van der Waals surface area contributed by atoms with Crippen molar-refractivity contribution < 1.29 is 13.2 Å². The minimum absolute atomic E-state index is 0.0265. The van der Waals surface area contributed by atoms with Crippen molar-refractivity contribution in [2.75, 3.05) is 25.4 Å². The van der Waals surface area contributed by atoms with Crippen molar-refractivity contribution in [2.45, 2.75) is 25.7 Å². The van der Waals surface area contributed by atoms with E-state index in [4.69, 9.17) is 17.3 Å². The first-order chi connectivity index (χ1) is 9.73. The van der Waals surface area contributed by atoms with Crippen LogP contribution in [0.2, 0.25) is 5.02 Å². The van der Waals surface area contributed by atoms with Gasteiger partial charge in [-0.15, -0.1) is 0 Å². The maximum atomic E-state index is 12.7. The lowest BCUT2D eigenvalue weighted by atomic mass is 10.2. The summed E-state index contributed by atoms with van der Waals surface area (Å²) < 4.78 is 26.4. The summed E-state index contributed by atoms with van der Waals surface area (Å²) in [6.07, 6.45) is 0. The smallest absolute Gasteiger partial charge is 0.243 e. The van der Waals surface area contributed by atoms with Gasteiger partial charge in [0.1, 0.15) is 0 Å². The number of benzene rings is 1. The van der Waals surface area contributed by atoms with Crippen LogP contribution >= 0.6 is 11.6 Å². The fourth-order valence-electron chi connectivity index (χ4n) is 1.86. The number of nitrogens with two attached hydrogens (primary N) is 1. The summed E-state index contributed by atoms with van der Waals surface area (Å²) in [5.74, 6) is -0.351. The van der Waals surface area contributed by atoms with Crippen LogP contribution in [0.3, 0.4) is 0 Å². The second-order valence-electron chi connectivity index (χ2n) is 4.50. The molecule has 0 aliphatic carbocycles. The number of hydrogen-bond acceptors (Lipinski definition) is 4. The predicted molar refractivity (Wildman–Crippen MR) is 83.7 cm³/mol. The number of carbonyl (C=O) groups is 1. The molecule has 0 fully saturated rings. The number of anilines is 1. The number of carbonyl (C=O) groups excluding carboxylic acids is 1. The van der Waals surface area contributed by atoms with E-state index in [0.29, 0.717) is 17.8 Å². The number of nitrogens with zero attached hydrogens (tertiary/aromatic N) is 1. The molecule has 6 nitrogen and oxygen atoms in total. The van der Waals surface area contributed by atoms with Crippen molar-refractivity contribution >= 4 is 33.2 Å². The molecule has 0 atom stereocenters. The van der Waals surface area contributed by atoms with Crippen LogP contribution in [0.5, 0.6) is 0 Å². The predicted octanol–water partition coefficient (Wildman–Crippen LogP) is 1.38. The van der Waals surface area contributed by atoms with E-state index in [1.54, 1.807) is 20.8 Å². The zero-order chi connectivity index (χ0) is 16.2. The number of nitrogen functional groups attached to an aromatic ring is 1. The molecule has 0 spiro atoms. The minimum Gasteiger partial charge on any atom is -0.398 e. The first kappa shape index (κ1) is 17.7. The molecule has 0 radical (unpaired) electrons. The van der Waals surface area contributed by atoms with Gasteiger partial charge in [-0.25, -0.2) is 8.42 Å². The fraction of sp³-hybridized carbons (Fsp3) is 0.462. The van der Waals surface area contributed by atoms with Gasteiger partial charge in [0.15, 0.2) is 0 Å². The molecule has 0 aliphatic heterocycles. The third kappa shape index (κ3) is 4.09. The van der Waals surface area contributed by atoms with Crippen molar-refractivity contribution in [3.05, 3.63) is 22.7 Å². The molecule has 0 saturated heterocycles. The molecule has 8 heteroatoms. The van der Waals surface area contributed by atoms with Crippen molar-refractivity contribution in [3.8, 4) is 0 Å². The summed E-state index contributed by atoms with van der Waals surface area (Å²) in [7, 11) is -3.83. The first-order valence-electron chi connectivity index (χ1n) is 6.56. The van der Waals surface area contributed by atoms with E-state index in [1.807, 2.05) is 0 Å². The van der Waals surface area contributed by atoms with Gasteiger partial charge >= 0.3 is 0 Å². The molecule has 1 rings (SSSR count). The molecule has 3 N–H and O–H groups in total. The second-order valence-corrected chi connectivity index (χ2v) is 6.85. The average molecular weight is 334 g/mol. The van der Waals surface area contributed by atoms with Crippen LogP contribution in [-0.2, 0) is 14.8 Å². The van der Waals surface area contributed by atoms with E-state index in [0.717, 1.165) is 4.31 Å². The maximum Gasteiger partial charge on any atom is 0.243 e. The Morgan fingerprint density at radius 3 is 2.52 bits per heavy atom. The Kier molecular flexibility index (Phi) is 6.00. The molecule has 0 saturated carbocycles. The van der Waals surface area contributed by atoms with Gasteiger partial charge in [-0.2, -0.15) is 4.31 Å².